The van der Waals surface area contributed by atoms with Crippen molar-refractivity contribution < 1.29 is 4.39 Å². The van der Waals surface area contributed by atoms with Crippen molar-refractivity contribution in [1.82, 2.24) is 5.32 Å². The van der Waals surface area contributed by atoms with Crippen LogP contribution in [0, 0.1) is 11.7 Å². The molecule has 1 fully saturated rings. The predicted molar refractivity (Wildman–Crippen MR) is 74.6 cm³/mol. The highest BCUT2D eigenvalue weighted by molar-refractivity contribution is 6.31. The van der Waals surface area contributed by atoms with Gasteiger partial charge in [0.2, 0.25) is 0 Å². The van der Waals surface area contributed by atoms with E-state index in [9.17, 15) is 4.39 Å². The van der Waals surface area contributed by atoms with E-state index in [-0.39, 0.29) is 11.2 Å². The van der Waals surface area contributed by atoms with Crippen LogP contribution in [0.2, 0.25) is 5.02 Å². The molecule has 0 radical (unpaired) electrons. The lowest BCUT2D eigenvalue weighted by atomic mass is 9.59. The Morgan fingerprint density at radius 1 is 1.44 bits per heavy atom. The molecule has 18 heavy (non-hydrogen) atoms. The summed E-state index contributed by atoms with van der Waals surface area (Å²) in [6.45, 7) is 7.23. The molecular formula is C15H21ClFN. The third-order valence-electron chi connectivity index (χ3n) is 3.82. The predicted octanol–water partition coefficient (Wildman–Crippen LogP) is 4.14. The van der Waals surface area contributed by atoms with Crippen LogP contribution >= 0.6 is 11.6 Å². The summed E-state index contributed by atoms with van der Waals surface area (Å²) in [4.78, 5) is 0. The summed E-state index contributed by atoms with van der Waals surface area (Å²) in [5.41, 5.74) is 0.587. The van der Waals surface area contributed by atoms with Gasteiger partial charge in [-0.15, -0.1) is 0 Å². The first-order chi connectivity index (χ1) is 8.44. The summed E-state index contributed by atoms with van der Waals surface area (Å²) in [5.74, 6) is 0.481. The largest absolute Gasteiger partial charge is 0.314 e. The molecule has 0 aromatic heterocycles. The van der Waals surface area contributed by atoms with E-state index in [0.717, 1.165) is 19.4 Å². The first-order valence-electron chi connectivity index (χ1n) is 6.62. The first kappa shape index (κ1) is 13.8. The zero-order valence-electron chi connectivity index (χ0n) is 11.3. The first-order valence-corrected chi connectivity index (χ1v) is 7.00. The molecule has 1 aromatic rings. The van der Waals surface area contributed by atoms with E-state index in [1.165, 1.54) is 6.07 Å². The van der Waals surface area contributed by atoms with Gasteiger partial charge in [-0.1, -0.05) is 38.4 Å². The second-order valence-corrected chi connectivity index (χ2v) is 6.33. The minimum absolute atomic E-state index is 0.119. The summed E-state index contributed by atoms with van der Waals surface area (Å²) < 4.78 is 14.1. The number of rotatable bonds is 4. The monoisotopic (exact) mass is 269 g/mol. The van der Waals surface area contributed by atoms with Gasteiger partial charge < -0.3 is 5.32 Å². The van der Waals surface area contributed by atoms with Gasteiger partial charge in [0.25, 0.3) is 0 Å². The molecule has 1 nitrogen and oxygen atoms in total. The number of benzene rings is 1. The Bertz CT molecular complexity index is 404. The summed E-state index contributed by atoms with van der Waals surface area (Å²) in [6, 6.07) is 5.39. The van der Waals surface area contributed by atoms with E-state index >= 15 is 0 Å². The average Bonchev–Trinajstić information content (AvgIpc) is 2.23. The number of halogens is 2. The second-order valence-electron chi connectivity index (χ2n) is 5.93. The van der Waals surface area contributed by atoms with Crippen LogP contribution < -0.4 is 5.32 Å². The van der Waals surface area contributed by atoms with Crippen molar-refractivity contribution in [2.75, 3.05) is 6.54 Å². The Balaban J connectivity index is 2.30. The highest BCUT2D eigenvalue weighted by atomic mass is 35.5. The van der Waals surface area contributed by atoms with Crippen molar-refractivity contribution in [2.24, 2.45) is 5.92 Å². The topological polar surface area (TPSA) is 12.0 Å². The van der Waals surface area contributed by atoms with Crippen LogP contribution in [0.5, 0.6) is 0 Å². The highest BCUT2D eigenvalue weighted by Gasteiger charge is 2.45. The van der Waals surface area contributed by atoms with Crippen LogP contribution in [-0.2, 0) is 5.41 Å². The van der Waals surface area contributed by atoms with Crippen LogP contribution in [0.4, 0.5) is 4.39 Å². The van der Waals surface area contributed by atoms with Crippen molar-refractivity contribution in [3.8, 4) is 0 Å². The molecular weight excluding hydrogens is 249 g/mol. The van der Waals surface area contributed by atoms with Crippen LogP contribution in [0.3, 0.4) is 0 Å². The van der Waals surface area contributed by atoms with Crippen LogP contribution in [0.25, 0.3) is 0 Å². The fraction of sp³-hybridized carbons (Fsp3) is 0.600. The van der Waals surface area contributed by atoms with E-state index in [4.69, 9.17) is 11.6 Å². The normalized spacial score (nSPS) is 27.3. The van der Waals surface area contributed by atoms with Gasteiger partial charge in [-0.3, -0.25) is 0 Å². The number of hydrogen-bond acceptors (Lipinski definition) is 1. The zero-order chi connectivity index (χ0) is 13.3. The summed E-state index contributed by atoms with van der Waals surface area (Å²) >= 11 is 6.22. The van der Waals surface area contributed by atoms with E-state index in [0.29, 0.717) is 22.5 Å². The Kier molecular flexibility index (Phi) is 3.98. The molecule has 0 unspecified atom stereocenters. The van der Waals surface area contributed by atoms with Gasteiger partial charge in [-0.2, -0.15) is 0 Å². The molecule has 0 bridgehead atoms. The Morgan fingerprint density at radius 3 is 2.61 bits per heavy atom. The van der Waals surface area contributed by atoms with Crippen LogP contribution in [0.15, 0.2) is 18.2 Å². The number of hydrogen-bond donors (Lipinski definition) is 1. The van der Waals surface area contributed by atoms with Gasteiger partial charge in [-0.25, -0.2) is 4.39 Å². The minimum Gasteiger partial charge on any atom is -0.314 e. The van der Waals surface area contributed by atoms with Gasteiger partial charge in [0.05, 0.1) is 0 Å². The lowest BCUT2D eigenvalue weighted by Crippen LogP contribution is -2.49. The average molecular weight is 270 g/mol. The standard InChI is InChI=1S/C15H21ClFN/c1-10(2)18-9-15(7-11(3)8-15)14-12(16)5-4-6-13(14)17/h4-6,10-11,18H,7-9H2,1-3H3. The third-order valence-corrected chi connectivity index (χ3v) is 4.14. The maximum Gasteiger partial charge on any atom is 0.128 e. The van der Waals surface area contributed by atoms with E-state index < -0.39 is 0 Å². The molecule has 3 heteroatoms. The smallest absolute Gasteiger partial charge is 0.128 e. The molecule has 0 saturated heterocycles. The van der Waals surface area contributed by atoms with Crippen molar-refractivity contribution in [1.29, 1.82) is 0 Å². The van der Waals surface area contributed by atoms with Gasteiger partial charge in [0.15, 0.2) is 0 Å². The third kappa shape index (κ3) is 2.55. The molecule has 2 rings (SSSR count). The SMILES string of the molecule is CC1CC(CNC(C)C)(c2c(F)cccc2Cl)C1. The maximum atomic E-state index is 14.1. The zero-order valence-corrected chi connectivity index (χ0v) is 12.0. The van der Waals surface area contributed by atoms with Crippen molar-refractivity contribution in [3.05, 3.63) is 34.6 Å². The molecule has 0 amide bonds. The molecule has 0 heterocycles. The summed E-state index contributed by atoms with van der Waals surface area (Å²) in [7, 11) is 0. The Hall–Kier alpha value is -0.600. The van der Waals surface area contributed by atoms with Crippen molar-refractivity contribution in [2.45, 2.75) is 45.1 Å². The lowest BCUT2D eigenvalue weighted by Gasteiger charge is -2.48. The van der Waals surface area contributed by atoms with E-state index in [1.54, 1.807) is 12.1 Å². The van der Waals surface area contributed by atoms with Gasteiger partial charge >= 0.3 is 0 Å². The summed E-state index contributed by atoms with van der Waals surface area (Å²) in [6.07, 6.45) is 2.01. The Morgan fingerprint density at radius 2 is 2.11 bits per heavy atom. The van der Waals surface area contributed by atoms with E-state index in [1.807, 2.05) is 0 Å². The molecule has 1 saturated carbocycles. The molecule has 1 N–H and O–H groups in total. The molecule has 100 valence electrons. The van der Waals surface area contributed by atoms with Crippen molar-refractivity contribution in [3.63, 3.8) is 0 Å². The van der Waals surface area contributed by atoms with E-state index in [2.05, 4.69) is 26.1 Å². The number of nitrogens with one attached hydrogen (secondary N) is 1. The quantitative estimate of drug-likeness (QED) is 0.866. The fourth-order valence-corrected chi connectivity index (χ4v) is 3.48. The van der Waals surface area contributed by atoms with Gasteiger partial charge in [0, 0.05) is 28.6 Å². The summed E-state index contributed by atoms with van der Waals surface area (Å²) in [5, 5.41) is 4.00. The second kappa shape index (κ2) is 5.18. The molecule has 0 spiro atoms. The van der Waals surface area contributed by atoms with Crippen LogP contribution in [-0.4, -0.2) is 12.6 Å². The Labute approximate surface area is 114 Å². The van der Waals surface area contributed by atoms with Gasteiger partial charge in [0.1, 0.15) is 5.82 Å². The highest BCUT2D eigenvalue weighted by Crippen LogP contribution is 2.50. The van der Waals surface area contributed by atoms with Gasteiger partial charge in [-0.05, 0) is 30.9 Å². The molecule has 1 aromatic carbocycles. The molecule has 0 atom stereocenters. The lowest BCUT2D eigenvalue weighted by molar-refractivity contribution is 0.145. The molecule has 0 aliphatic heterocycles. The fourth-order valence-electron chi connectivity index (χ4n) is 3.12. The van der Waals surface area contributed by atoms with Crippen LogP contribution in [0.1, 0.15) is 39.2 Å². The maximum absolute atomic E-state index is 14.1. The minimum atomic E-state index is -0.167. The molecule has 1 aliphatic carbocycles. The molecule has 1 aliphatic rings. The van der Waals surface area contributed by atoms with Crippen molar-refractivity contribution >= 4 is 11.6 Å².